The van der Waals surface area contributed by atoms with E-state index in [1.807, 2.05) is 25.1 Å². The van der Waals surface area contributed by atoms with Crippen LogP contribution in [0.4, 0.5) is 5.82 Å². The predicted molar refractivity (Wildman–Crippen MR) is 119 cm³/mol. The fourth-order valence-corrected chi connectivity index (χ4v) is 3.61. The molecule has 166 valence electrons. The summed E-state index contributed by atoms with van der Waals surface area (Å²) in [6.45, 7) is 3.98. The molecule has 9 heteroatoms. The number of pyridine rings is 2. The quantitative estimate of drug-likeness (QED) is 0.605. The summed E-state index contributed by atoms with van der Waals surface area (Å²) < 4.78 is 11.1. The number of hydrogen-bond acceptors (Lipinski definition) is 8. The van der Waals surface area contributed by atoms with Crippen LogP contribution in [0.2, 0.25) is 0 Å². The molecule has 0 atom stereocenters. The molecule has 4 rings (SSSR count). The van der Waals surface area contributed by atoms with E-state index in [-0.39, 0.29) is 12.0 Å². The molecule has 0 spiro atoms. The van der Waals surface area contributed by atoms with Crippen molar-refractivity contribution in [1.82, 2.24) is 25.5 Å². The van der Waals surface area contributed by atoms with Gasteiger partial charge in [0.1, 0.15) is 11.9 Å². The molecule has 9 nitrogen and oxygen atoms in total. The number of nitrogens with zero attached hydrogens (tertiary/aromatic N) is 5. The van der Waals surface area contributed by atoms with Crippen molar-refractivity contribution in [3.63, 3.8) is 0 Å². The van der Waals surface area contributed by atoms with E-state index >= 15 is 0 Å². The molecule has 0 aromatic carbocycles. The van der Waals surface area contributed by atoms with Crippen LogP contribution in [0.15, 0.2) is 48.9 Å². The van der Waals surface area contributed by atoms with Gasteiger partial charge in [-0.05, 0) is 42.3 Å². The second-order valence-electron chi connectivity index (χ2n) is 7.61. The van der Waals surface area contributed by atoms with Gasteiger partial charge in [-0.1, -0.05) is 0 Å². The zero-order valence-electron chi connectivity index (χ0n) is 18.2. The highest BCUT2D eigenvalue weighted by Crippen LogP contribution is 2.24. The van der Waals surface area contributed by atoms with Crippen LogP contribution in [0.25, 0.3) is 0 Å². The molecule has 1 fully saturated rings. The number of methoxy groups -OCH3 is 1. The molecule has 32 heavy (non-hydrogen) atoms. The van der Waals surface area contributed by atoms with Crippen molar-refractivity contribution in [3.05, 3.63) is 65.7 Å². The Hall–Kier alpha value is -3.75. The first-order valence-corrected chi connectivity index (χ1v) is 10.6. The summed E-state index contributed by atoms with van der Waals surface area (Å²) in [5.74, 6) is 1.86. The lowest BCUT2D eigenvalue weighted by Crippen LogP contribution is -2.39. The van der Waals surface area contributed by atoms with Gasteiger partial charge in [0.2, 0.25) is 5.88 Å². The van der Waals surface area contributed by atoms with E-state index in [4.69, 9.17) is 9.47 Å². The van der Waals surface area contributed by atoms with Gasteiger partial charge < -0.3 is 19.7 Å². The number of aromatic nitrogens is 4. The summed E-state index contributed by atoms with van der Waals surface area (Å²) in [6.07, 6.45) is 6.92. The first-order chi connectivity index (χ1) is 15.6. The Bertz CT molecular complexity index is 1040. The highest BCUT2D eigenvalue weighted by atomic mass is 16.5. The van der Waals surface area contributed by atoms with E-state index in [1.165, 1.54) is 0 Å². The highest BCUT2D eigenvalue weighted by molar-refractivity contribution is 5.92. The maximum Gasteiger partial charge on any atom is 0.272 e. The number of nitrogens with one attached hydrogen (secondary N) is 1. The Labute approximate surface area is 186 Å². The summed E-state index contributed by atoms with van der Waals surface area (Å²) in [7, 11) is 1.59. The fraction of sp³-hybridized carbons (Fsp3) is 0.348. The van der Waals surface area contributed by atoms with Crippen molar-refractivity contribution < 1.29 is 14.3 Å². The second kappa shape index (κ2) is 10.0. The van der Waals surface area contributed by atoms with Crippen molar-refractivity contribution in [2.24, 2.45) is 0 Å². The summed E-state index contributed by atoms with van der Waals surface area (Å²) in [5, 5.41) is 11.4. The smallest absolute Gasteiger partial charge is 0.272 e. The number of hydrogen-bond donors (Lipinski definition) is 1. The summed E-state index contributed by atoms with van der Waals surface area (Å²) in [5.41, 5.74) is 2.21. The third-order valence-corrected chi connectivity index (χ3v) is 5.36. The first kappa shape index (κ1) is 21.5. The largest absolute Gasteiger partial charge is 0.489 e. The Morgan fingerprint density at radius 3 is 2.59 bits per heavy atom. The molecule has 0 saturated carbocycles. The number of rotatable bonds is 7. The topological polar surface area (TPSA) is 102 Å². The number of carbonyl (C=O) groups excluding carboxylic acids is 1. The lowest BCUT2D eigenvalue weighted by atomic mass is 10.1. The van der Waals surface area contributed by atoms with Gasteiger partial charge in [0, 0.05) is 50.9 Å². The fourth-order valence-electron chi connectivity index (χ4n) is 3.61. The molecule has 0 radical (unpaired) electrons. The Balaban J connectivity index is 1.31. The number of aryl methyl sites for hydroxylation is 1. The highest BCUT2D eigenvalue weighted by Gasteiger charge is 2.23. The summed E-state index contributed by atoms with van der Waals surface area (Å²) >= 11 is 0. The molecule has 0 aliphatic carbocycles. The van der Waals surface area contributed by atoms with Crippen LogP contribution < -0.4 is 19.7 Å². The molecule has 1 amide bonds. The number of anilines is 1. The van der Waals surface area contributed by atoms with Gasteiger partial charge in [-0.2, -0.15) is 0 Å². The van der Waals surface area contributed by atoms with Crippen LogP contribution in [0.5, 0.6) is 11.6 Å². The molecule has 1 saturated heterocycles. The molecule has 1 aliphatic heterocycles. The van der Waals surface area contributed by atoms with Crippen LogP contribution in [-0.4, -0.2) is 52.4 Å². The molecule has 3 aromatic rings. The van der Waals surface area contributed by atoms with Crippen molar-refractivity contribution in [2.45, 2.75) is 32.4 Å². The van der Waals surface area contributed by atoms with Crippen LogP contribution >= 0.6 is 0 Å². The number of amides is 1. The number of ether oxygens (including phenoxy) is 2. The molecule has 3 aromatic heterocycles. The molecule has 1 N–H and O–H groups in total. The second-order valence-corrected chi connectivity index (χ2v) is 7.61. The van der Waals surface area contributed by atoms with Gasteiger partial charge >= 0.3 is 0 Å². The zero-order valence-corrected chi connectivity index (χ0v) is 18.2. The third-order valence-electron chi connectivity index (χ3n) is 5.36. The van der Waals surface area contributed by atoms with Crippen molar-refractivity contribution in [2.75, 3.05) is 25.1 Å². The van der Waals surface area contributed by atoms with E-state index in [1.54, 1.807) is 37.8 Å². The minimum atomic E-state index is -0.246. The normalized spacial score (nSPS) is 14.1. The third kappa shape index (κ3) is 5.29. The number of carbonyl (C=O) groups is 1. The molecule has 0 bridgehead atoms. The van der Waals surface area contributed by atoms with Gasteiger partial charge in [0.05, 0.1) is 13.3 Å². The molecule has 4 heterocycles. The minimum absolute atomic E-state index is 0.118. The minimum Gasteiger partial charge on any atom is -0.489 e. The van der Waals surface area contributed by atoms with E-state index in [9.17, 15) is 4.79 Å². The van der Waals surface area contributed by atoms with Gasteiger partial charge in [-0.15, -0.1) is 10.2 Å². The van der Waals surface area contributed by atoms with Crippen LogP contribution in [0.3, 0.4) is 0 Å². The van der Waals surface area contributed by atoms with E-state index in [0.717, 1.165) is 48.6 Å². The average Bonchev–Trinajstić information content (AvgIpc) is 2.84. The van der Waals surface area contributed by atoms with Gasteiger partial charge in [0.25, 0.3) is 5.91 Å². The van der Waals surface area contributed by atoms with Gasteiger partial charge in [0.15, 0.2) is 11.5 Å². The molecular formula is C23H26N6O3. The van der Waals surface area contributed by atoms with Crippen LogP contribution in [0, 0.1) is 6.92 Å². The van der Waals surface area contributed by atoms with E-state index in [0.29, 0.717) is 18.1 Å². The van der Waals surface area contributed by atoms with E-state index < -0.39 is 0 Å². The van der Waals surface area contributed by atoms with Crippen molar-refractivity contribution >= 4 is 11.7 Å². The van der Waals surface area contributed by atoms with Crippen molar-refractivity contribution in [3.8, 4) is 11.6 Å². The summed E-state index contributed by atoms with van der Waals surface area (Å²) in [6, 6.07) is 9.16. The van der Waals surface area contributed by atoms with E-state index in [2.05, 4.69) is 30.4 Å². The lowest BCUT2D eigenvalue weighted by molar-refractivity contribution is 0.0945. The maximum atomic E-state index is 12.4. The number of piperidine rings is 1. The Morgan fingerprint density at radius 2 is 1.94 bits per heavy atom. The van der Waals surface area contributed by atoms with Gasteiger partial charge in [-0.25, -0.2) is 4.98 Å². The molecule has 0 unspecified atom stereocenters. The summed E-state index contributed by atoms with van der Waals surface area (Å²) in [4.78, 5) is 22.8. The molecule has 1 aliphatic rings. The van der Waals surface area contributed by atoms with Gasteiger partial charge in [-0.3, -0.25) is 9.78 Å². The maximum absolute atomic E-state index is 12.4. The Morgan fingerprint density at radius 1 is 1.16 bits per heavy atom. The lowest BCUT2D eigenvalue weighted by Gasteiger charge is -2.33. The van der Waals surface area contributed by atoms with Crippen molar-refractivity contribution in [1.29, 1.82) is 0 Å². The average molecular weight is 435 g/mol. The van der Waals surface area contributed by atoms with Crippen LogP contribution in [-0.2, 0) is 6.54 Å². The predicted octanol–water partition coefficient (Wildman–Crippen LogP) is 2.56. The monoisotopic (exact) mass is 434 g/mol. The Kier molecular flexibility index (Phi) is 6.74. The zero-order chi connectivity index (χ0) is 22.3. The SMILES string of the molecule is COc1ccc(OC2CCN(c3nnc(C(=O)NCc4ccncc4)cc3C)CC2)cn1. The van der Waals surface area contributed by atoms with Crippen LogP contribution in [0.1, 0.15) is 34.5 Å². The standard InChI is InChI=1S/C23H26N6O3/c1-16-13-20(23(30)26-14-17-5-9-24-10-6-17)27-28-22(16)29-11-7-18(8-12-29)32-19-3-4-21(31-2)25-15-19/h3-6,9-10,13,15,18H,7-8,11-12,14H2,1-2H3,(H,26,30). The molecular weight excluding hydrogens is 408 g/mol. The first-order valence-electron chi connectivity index (χ1n) is 10.6.